The van der Waals surface area contributed by atoms with Gasteiger partial charge in [-0.3, -0.25) is 24.0 Å². The maximum atomic E-state index is 13.2. The van der Waals surface area contributed by atoms with Crippen LogP contribution in [0.4, 0.5) is 11.4 Å². The average Bonchev–Trinajstić information content (AvgIpc) is 3.80. The summed E-state index contributed by atoms with van der Waals surface area (Å²) in [5.74, 6) is -1.51. The van der Waals surface area contributed by atoms with Crippen LogP contribution in [-0.4, -0.2) is 29.4 Å². The fraction of sp³-hybridized carbons (Fsp3) is 0.303. The summed E-state index contributed by atoms with van der Waals surface area (Å²) in [5.41, 5.74) is 1.98. The molecule has 198 valence electrons. The summed E-state index contributed by atoms with van der Waals surface area (Å²) < 4.78 is 0. The second-order valence-corrected chi connectivity index (χ2v) is 11.9. The molecule has 2 aliphatic heterocycles. The average molecular weight is 531 g/mol. The van der Waals surface area contributed by atoms with Crippen molar-refractivity contribution in [3.8, 4) is 0 Å². The third-order valence-electron chi connectivity index (χ3n) is 9.89. The number of hydrogen-bond acceptors (Lipinski definition) is 5. The van der Waals surface area contributed by atoms with Crippen LogP contribution in [0.2, 0.25) is 0 Å². The third-order valence-corrected chi connectivity index (χ3v) is 9.89. The summed E-state index contributed by atoms with van der Waals surface area (Å²) in [6, 6.07) is 13.7. The number of rotatable bonds is 5. The van der Waals surface area contributed by atoms with Gasteiger partial charge < -0.3 is 0 Å². The number of nitrogens with zero attached hydrogens (tertiary/aromatic N) is 2. The van der Waals surface area contributed by atoms with E-state index in [1.165, 1.54) is 15.9 Å². The molecule has 0 spiro atoms. The predicted molar refractivity (Wildman–Crippen MR) is 147 cm³/mol. The summed E-state index contributed by atoms with van der Waals surface area (Å²) in [5, 5.41) is 0. The van der Waals surface area contributed by atoms with E-state index in [0.717, 1.165) is 12.8 Å². The van der Waals surface area contributed by atoms with Crippen LogP contribution in [0, 0.1) is 47.3 Å². The minimum atomic E-state index is -0.297. The molecule has 2 aromatic rings. The Labute approximate surface area is 230 Å². The molecule has 7 nitrogen and oxygen atoms in total. The number of benzene rings is 2. The van der Waals surface area contributed by atoms with Crippen LogP contribution in [0.1, 0.15) is 28.8 Å². The molecule has 40 heavy (non-hydrogen) atoms. The molecule has 4 bridgehead atoms. The number of fused-ring (bicyclic) bond motifs is 10. The zero-order valence-electron chi connectivity index (χ0n) is 21.6. The first-order chi connectivity index (χ1) is 19.4. The monoisotopic (exact) mass is 530 g/mol. The van der Waals surface area contributed by atoms with E-state index < -0.39 is 0 Å². The van der Waals surface area contributed by atoms with Crippen molar-refractivity contribution in [3.05, 3.63) is 90.0 Å². The Morgan fingerprint density at radius 2 is 1.07 bits per heavy atom. The molecule has 2 aromatic carbocycles. The fourth-order valence-corrected chi connectivity index (χ4v) is 8.15. The SMILES string of the molecule is O=C(/C=C\c1cccc(N2C(=O)[C@@H]3[C@H](C2=O)[C@H]2C=C[C@H]3C2)c1)c1cccc(N2C(=O)[C@H]3[C@H](C2=O)[C@H]2C=C[C@H]3C2)c1. The molecule has 0 radical (unpaired) electrons. The van der Waals surface area contributed by atoms with Gasteiger partial charge in [0, 0.05) is 5.56 Å². The van der Waals surface area contributed by atoms with Crippen LogP contribution < -0.4 is 9.80 Å². The van der Waals surface area contributed by atoms with Crippen LogP contribution in [0.3, 0.4) is 0 Å². The molecule has 2 heterocycles. The maximum Gasteiger partial charge on any atom is 0.238 e. The number of anilines is 2. The molecular weight excluding hydrogens is 504 g/mol. The lowest BCUT2D eigenvalue weighted by atomic mass is 9.85. The lowest BCUT2D eigenvalue weighted by Gasteiger charge is -2.18. The van der Waals surface area contributed by atoms with E-state index in [4.69, 9.17) is 0 Å². The van der Waals surface area contributed by atoms with E-state index in [-0.39, 0.29) is 76.8 Å². The van der Waals surface area contributed by atoms with Gasteiger partial charge in [0.1, 0.15) is 0 Å². The highest BCUT2D eigenvalue weighted by molar-refractivity contribution is 6.24. The number of ketones is 1. The molecule has 4 amide bonds. The highest BCUT2D eigenvalue weighted by Gasteiger charge is 2.60. The standard InChI is InChI=1S/C33H26N2O5/c36-25(18-4-2-6-24(16-18)35-32(39)28-21-10-11-22(15-21)29(28)33(35)40)12-7-17-3-1-5-23(13-17)34-30(37)26-19-8-9-20(14-19)27(26)31(34)38/h1-13,16,19-22,26-29H,14-15H2/b12-7-/t19-,20-,21-,22-,26-,27+,28+,29+/m0/s1. The van der Waals surface area contributed by atoms with Gasteiger partial charge in [0.05, 0.1) is 35.0 Å². The molecule has 8 rings (SSSR count). The van der Waals surface area contributed by atoms with Crippen molar-refractivity contribution in [2.75, 3.05) is 9.80 Å². The zero-order chi connectivity index (χ0) is 27.3. The molecule has 0 N–H and O–H groups in total. The summed E-state index contributed by atoms with van der Waals surface area (Å²) in [7, 11) is 0. The van der Waals surface area contributed by atoms with Gasteiger partial charge in [-0.25, -0.2) is 9.80 Å². The number of amides is 4. The van der Waals surface area contributed by atoms with E-state index in [9.17, 15) is 24.0 Å². The Kier molecular flexibility index (Phi) is 4.88. The molecule has 4 fully saturated rings. The van der Waals surface area contributed by atoms with Crippen LogP contribution in [0.25, 0.3) is 6.08 Å². The molecule has 6 aliphatic rings. The minimum absolute atomic E-state index is 0.123. The van der Waals surface area contributed by atoms with Gasteiger partial charge in [-0.1, -0.05) is 54.6 Å². The van der Waals surface area contributed by atoms with Crippen molar-refractivity contribution in [2.45, 2.75) is 12.8 Å². The van der Waals surface area contributed by atoms with Crippen molar-refractivity contribution in [3.63, 3.8) is 0 Å². The molecular formula is C33H26N2O5. The van der Waals surface area contributed by atoms with Crippen molar-refractivity contribution in [2.24, 2.45) is 47.3 Å². The molecule has 7 heteroatoms. The van der Waals surface area contributed by atoms with Gasteiger partial charge in [0.2, 0.25) is 23.6 Å². The van der Waals surface area contributed by atoms with Gasteiger partial charge in [-0.15, -0.1) is 0 Å². The minimum Gasteiger partial charge on any atom is -0.289 e. The molecule has 2 saturated heterocycles. The Bertz CT molecular complexity index is 1570. The smallest absolute Gasteiger partial charge is 0.238 e. The Morgan fingerprint density at radius 3 is 1.57 bits per heavy atom. The summed E-state index contributed by atoms with van der Waals surface area (Å²) in [6.45, 7) is 0. The molecule has 4 aliphatic carbocycles. The van der Waals surface area contributed by atoms with E-state index in [1.54, 1.807) is 48.5 Å². The number of hydrogen-bond donors (Lipinski definition) is 0. The summed E-state index contributed by atoms with van der Waals surface area (Å²) in [6.07, 6.45) is 13.1. The molecule has 0 unspecified atom stereocenters. The third kappa shape index (κ3) is 3.14. The Hall–Kier alpha value is -4.39. The molecule has 2 saturated carbocycles. The topological polar surface area (TPSA) is 91.8 Å². The number of carbonyl (C=O) groups excluding carboxylic acids is 5. The van der Waals surface area contributed by atoms with E-state index in [0.29, 0.717) is 22.5 Å². The van der Waals surface area contributed by atoms with Gasteiger partial charge in [0.25, 0.3) is 0 Å². The molecule has 0 aromatic heterocycles. The first-order valence-electron chi connectivity index (χ1n) is 14.0. The van der Waals surface area contributed by atoms with Gasteiger partial charge in [0.15, 0.2) is 5.78 Å². The lowest BCUT2D eigenvalue weighted by Crippen LogP contribution is -2.32. The fourth-order valence-electron chi connectivity index (χ4n) is 8.15. The quantitative estimate of drug-likeness (QED) is 0.250. The van der Waals surface area contributed by atoms with E-state index in [2.05, 4.69) is 24.3 Å². The first-order valence-corrected chi connectivity index (χ1v) is 14.0. The normalized spacial score (nSPS) is 34.7. The van der Waals surface area contributed by atoms with Crippen molar-refractivity contribution >= 4 is 46.9 Å². The zero-order valence-corrected chi connectivity index (χ0v) is 21.6. The van der Waals surface area contributed by atoms with Crippen LogP contribution in [0.15, 0.2) is 78.9 Å². The Morgan fingerprint density at radius 1 is 0.625 bits per heavy atom. The highest BCUT2D eigenvalue weighted by atomic mass is 16.2. The van der Waals surface area contributed by atoms with Crippen molar-refractivity contribution < 1.29 is 24.0 Å². The van der Waals surface area contributed by atoms with Gasteiger partial charge >= 0.3 is 0 Å². The summed E-state index contributed by atoms with van der Waals surface area (Å²) in [4.78, 5) is 68.4. The number of imide groups is 2. The Balaban J connectivity index is 1.01. The van der Waals surface area contributed by atoms with E-state index >= 15 is 0 Å². The van der Waals surface area contributed by atoms with Crippen molar-refractivity contribution in [1.82, 2.24) is 0 Å². The van der Waals surface area contributed by atoms with Crippen LogP contribution >= 0.6 is 0 Å². The van der Waals surface area contributed by atoms with Crippen LogP contribution in [-0.2, 0) is 19.2 Å². The largest absolute Gasteiger partial charge is 0.289 e. The number of carbonyl (C=O) groups is 5. The second-order valence-electron chi connectivity index (χ2n) is 11.9. The second kappa shape index (κ2) is 8.31. The van der Waals surface area contributed by atoms with E-state index in [1.807, 2.05) is 6.07 Å². The predicted octanol–water partition coefficient (Wildman–Crippen LogP) is 4.21. The van der Waals surface area contributed by atoms with Gasteiger partial charge in [-0.2, -0.15) is 0 Å². The highest BCUT2D eigenvalue weighted by Crippen LogP contribution is 2.54. The maximum absolute atomic E-state index is 13.2. The number of allylic oxidation sites excluding steroid dienone is 5. The van der Waals surface area contributed by atoms with Gasteiger partial charge in [-0.05, 0) is 72.4 Å². The first kappa shape index (κ1) is 23.5. The lowest BCUT2D eigenvalue weighted by molar-refractivity contribution is -0.124. The van der Waals surface area contributed by atoms with Crippen LogP contribution in [0.5, 0.6) is 0 Å². The summed E-state index contributed by atoms with van der Waals surface area (Å²) >= 11 is 0. The molecule has 8 atom stereocenters. The van der Waals surface area contributed by atoms with Crippen molar-refractivity contribution in [1.29, 1.82) is 0 Å².